The van der Waals surface area contributed by atoms with Gasteiger partial charge in [-0.3, -0.25) is 9.78 Å². The van der Waals surface area contributed by atoms with Gasteiger partial charge in [-0.1, -0.05) is 19.9 Å². The van der Waals surface area contributed by atoms with Crippen LogP contribution in [-0.2, 0) is 0 Å². The smallest absolute Gasteiger partial charge is 0.251 e. The van der Waals surface area contributed by atoms with Crippen LogP contribution in [0.4, 0.5) is 16.2 Å². The van der Waals surface area contributed by atoms with E-state index in [1.807, 2.05) is 13.0 Å². The molecule has 2 atom stereocenters. The number of aromatic nitrogens is 5. The summed E-state index contributed by atoms with van der Waals surface area (Å²) in [6, 6.07) is 6.55. The highest BCUT2D eigenvalue weighted by atomic mass is 19.1. The second kappa shape index (κ2) is 11.0. The quantitative estimate of drug-likeness (QED) is 0.320. The number of nitrogens with one attached hydrogen (secondary N) is 3. The molecule has 2 unspecified atom stereocenters. The highest BCUT2D eigenvalue weighted by molar-refractivity contribution is 6.06. The lowest BCUT2D eigenvalue weighted by molar-refractivity contribution is 0.0964. The summed E-state index contributed by atoms with van der Waals surface area (Å²) in [5.74, 6) is 0.614. The zero-order valence-electron chi connectivity index (χ0n) is 20.7. The first-order valence-corrected chi connectivity index (χ1v) is 11.8. The molecule has 0 bridgehead atoms. The molecule has 0 radical (unpaired) electrons. The molecule has 0 aliphatic heterocycles. The van der Waals surface area contributed by atoms with Gasteiger partial charge in [0.1, 0.15) is 18.0 Å². The summed E-state index contributed by atoms with van der Waals surface area (Å²) >= 11 is 0. The van der Waals surface area contributed by atoms with Crippen LogP contribution in [0.1, 0.15) is 42.6 Å². The number of carbonyl (C=O) groups is 1. The van der Waals surface area contributed by atoms with E-state index in [4.69, 9.17) is 0 Å². The SMILES string of the molecule is CCNc1ncc(-c2cc(NCC(C)C(C)c3ccc(F)c4c(C(=O)NC)ccnc34)ncn2)cn1. The van der Waals surface area contributed by atoms with E-state index in [0.717, 1.165) is 17.7 Å². The number of amides is 1. The number of fused-ring (bicyclic) bond motifs is 1. The van der Waals surface area contributed by atoms with E-state index in [-0.39, 0.29) is 28.7 Å². The number of anilines is 2. The van der Waals surface area contributed by atoms with Gasteiger partial charge in [0.2, 0.25) is 5.95 Å². The Morgan fingerprint density at radius 1 is 1.03 bits per heavy atom. The van der Waals surface area contributed by atoms with Crippen molar-refractivity contribution in [3.05, 3.63) is 66.1 Å². The van der Waals surface area contributed by atoms with Crippen LogP contribution in [0, 0.1) is 11.7 Å². The Labute approximate surface area is 209 Å². The fraction of sp³-hybridized carbons (Fsp3) is 0.308. The molecule has 10 heteroatoms. The van der Waals surface area contributed by atoms with Crippen LogP contribution < -0.4 is 16.0 Å². The number of carbonyl (C=O) groups excluding carboxylic acids is 1. The van der Waals surface area contributed by atoms with Crippen LogP contribution in [0.25, 0.3) is 22.2 Å². The predicted octanol–water partition coefficient (Wildman–Crippen LogP) is 4.26. The second-order valence-electron chi connectivity index (χ2n) is 8.56. The molecular weight excluding hydrogens is 459 g/mol. The highest BCUT2D eigenvalue weighted by Gasteiger charge is 2.22. The zero-order chi connectivity index (χ0) is 25.7. The molecular formula is C26H29FN8O. The first-order chi connectivity index (χ1) is 17.4. The third kappa shape index (κ3) is 5.22. The number of hydrogen-bond acceptors (Lipinski definition) is 8. The van der Waals surface area contributed by atoms with Crippen LogP contribution in [0.15, 0.2) is 49.2 Å². The summed E-state index contributed by atoms with van der Waals surface area (Å²) in [4.78, 5) is 34.0. The molecule has 0 spiro atoms. The fourth-order valence-corrected chi connectivity index (χ4v) is 4.01. The first kappa shape index (κ1) is 24.9. The number of benzene rings is 1. The average Bonchev–Trinajstić information content (AvgIpc) is 2.91. The Balaban J connectivity index is 1.51. The van der Waals surface area contributed by atoms with E-state index in [1.165, 1.54) is 25.5 Å². The minimum atomic E-state index is -0.463. The van der Waals surface area contributed by atoms with Crippen molar-refractivity contribution >= 4 is 28.6 Å². The van der Waals surface area contributed by atoms with Crippen molar-refractivity contribution in [2.45, 2.75) is 26.7 Å². The molecule has 3 heterocycles. The molecule has 3 N–H and O–H groups in total. The standard InChI is InChI=1S/C26H29FN8O/c1-5-29-26-32-12-17(13-33-26)21-10-22(35-14-34-21)31-11-15(2)16(3)18-6-7-20(27)23-19(25(36)28-4)8-9-30-24(18)23/h6-10,12-16H,5,11H2,1-4H3,(H,28,36)(H,29,32,33)(H,31,34,35). The summed E-state index contributed by atoms with van der Waals surface area (Å²) in [5, 5.41) is 9.25. The van der Waals surface area contributed by atoms with Gasteiger partial charge >= 0.3 is 0 Å². The summed E-state index contributed by atoms with van der Waals surface area (Å²) < 4.78 is 14.7. The lowest BCUT2D eigenvalue weighted by Gasteiger charge is -2.22. The van der Waals surface area contributed by atoms with Crippen LogP contribution in [0.3, 0.4) is 0 Å². The lowest BCUT2D eigenvalue weighted by Crippen LogP contribution is -2.20. The molecule has 4 aromatic rings. The van der Waals surface area contributed by atoms with Gasteiger partial charge in [0.15, 0.2) is 0 Å². The molecule has 186 valence electrons. The molecule has 0 aliphatic rings. The van der Waals surface area contributed by atoms with E-state index >= 15 is 0 Å². The van der Waals surface area contributed by atoms with Crippen LogP contribution in [-0.4, -0.2) is 51.0 Å². The summed E-state index contributed by atoms with van der Waals surface area (Å²) in [6.07, 6.45) is 6.49. The zero-order valence-corrected chi connectivity index (χ0v) is 20.7. The molecule has 4 rings (SSSR count). The molecule has 0 saturated heterocycles. The van der Waals surface area contributed by atoms with E-state index in [2.05, 4.69) is 54.7 Å². The van der Waals surface area contributed by atoms with E-state index in [1.54, 1.807) is 24.7 Å². The molecule has 3 aromatic heterocycles. The van der Waals surface area contributed by atoms with Crippen molar-refractivity contribution in [2.24, 2.45) is 5.92 Å². The van der Waals surface area contributed by atoms with Crippen molar-refractivity contribution in [1.82, 2.24) is 30.2 Å². The van der Waals surface area contributed by atoms with Crippen molar-refractivity contribution in [2.75, 3.05) is 30.8 Å². The van der Waals surface area contributed by atoms with Crippen LogP contribution in [0.2, 0.25) is 0 Å². The molecule has 0 fully saturated rings. The topological polar surface area (TPSA) is 118 Å². The molecule has 9 nitrogen and oxygen atoms in total. The van der Waals surface area contributed by atoms with Gasteiger partial charge in [0.25, 0.3) is 5.91 Å². The highest BCUT2D eigenvalue weighted by Crippen LogP contribution is 2.32. The number of pyridine rings is 1. The van der Waals surface area contributed by atoms with E-state index in [0.29, 0.717) is 29.5 Å². The number of hydrogen-bond donors (Lipinski definition) is 3. The molecule has 1 aromatic carbocycles. The summed E-state index contributed by atoms with van der Waals surface area (Å²) in [5.41, 5.74) is 3.16. The summed E-state index contributed by atoms with van der Waals surface area (Å²) in [7, 11) is 1.52. The number of halogens is 1. The van der Waals surface area contributed by atoms with Crippen molar-refractivity contribution in [1.29, 1.82) is 0 Å². The number of rotatable bonds is 9. The summed E-state index contributed by atoms with van der Waals surface area (Å²) in [6.45, 7) is 7.52. The van der Waals surface area contributed by atoms with Crippen LogP contribution >= 0.6 is 0 Å². The van der Waals surface area contributed by atoms with Crippen molar-refractivity contribution in [3.8, 4) is 11.3 Å². The largest absolute Gasteiger partial charge is 0.370 e. The second-order valence-corrected chi connectivity index (χ2v) is 8.56. The maximum Gasteiger partial charge on any atom is 0.251 e. The van der Waals surface area contributed by atoms with Gasteiger partial charge in [-0.2, -0.15) is 0 Å². The van der Waals surface area contributed by atoms with Crippen molar-refractivity contribution in [3.63, 3.8) is 0 Å². The van der Waals surface area contributed by atoms with Gasteiger partial charge in [0, 0.05) is 55.7 Å². The Morgan fingerprint density at radius 2 is 1.81 bits per heavy atom. The first-order valence-electron chi connectivity index (χ1n) is 11.8. The molecule has 36 heavy (non-hydrogen) atoms. The van der Waals surface area contributed by atoms with E-state index in [9.17, 15) is 9.18 Å². The Kier molecular flexibility index (Phi) is 7.62. The monoisotopic (exact) mass is 488 g/mol. The van der Waals surface area contributed by atoms with E-state index < -0.39 is 5.82 Å². The Hall–Kier alpha value is -4.21. The minimum Gasteiger partial charge on any atom is -0.370 e. The van der Waals surface area contributed by atoms with Crippen molar-refractivity contribution < 1.29 is 9.18 Å². The molecule has 0 aliphatic carbocycles. The predicted molar refractivity (Wildman–Crippen MR) is 138 cm³/mol. The fourth-order valence-electron chi connectivity index (χ4n) is 4.01. The third-order valence-corrected chi connectivity index (χ3v) is 6.24. The lowest BCUT2D eigenvalue weighted by atomic mass is 9.86. The minimum absolute atomic E-state index is 0.0290. The molecule has 1 amide bonds. The normalized spacial score (nSPS) is 12.7. The average molecular weight is 489 g/mol. The third-order valence-electron chi connectivity index (χ3n) is 6.24. The maximum atomic E-state index is 14.7. The van der Waals surface area contributed by atoms with Gasteiger partial charge in [0.05, 0.1) is 16.8 Å². The van der Waals surface area contributed by atoms with Gasteiger partial charge in [-0.05, 0) is 36.5 Å². The Bertz CT molecular complexity index is 1360. The maximum absolute atomic E-state index is 14.7. The molecule has 0 saturated carbocycles. The number of nitrogens with zero attached hydrogens (tertiary/aromatic N) is 5. The van der Waals surface area contributed by atoms with Gasteiger partial charge in [-0.15, -0.1) is 0 Å². The van der Waals surface area contributed by atoms with Crippen LogP contribution in [0.5, 0.6) is 0 Å². The van der Waals surface area contributed by atoms with Gasteiger partial charge in [-0.25, -0.2) is 24.3 Å². The Morgan fingerprint density at radius 3 is 2.53 bits per heavy atom. The van der Waals surface area contributed by atoms with Gasteiger partial charge < -0.3 is 16.0 Å².